The summed E-state index contributed by atoms with van der Waals surface area (Å²) in [6.45, 7) is 5.27. The standard InChI is InChI=1S/C13H9F2N3O.C13H10FN3O.C13H11N3O.C13H14N2O3S.C12H11N3O3/c14-11-1-8(2-12(15)10(11)3-16)13-6-19-5-9-4-17-7-18(9)13;14-12-3-9(1-2-10(12)4-15)13-7-18-6-11-5-16-8-17(11)13;14-5-10-1-3-11(4-2-10)13-8-17-7-12-6-15-9-16(12)13;1-19(16,17)12-4-2-10(3-5-12)13-8-18-7-11-6-14-9-15(11)13;16-15(17)10-3-1-9(2-4-10)12-7-18-6-11-5-13-8-14(11)12/h1-2,4,7,13H,5-6H2;1-3,5,8,13H,6-7H2;1-4,6,9,13H,7-8H2;2-6,9,13H,7-8H2,1H3;1-5,8,12H,6-7H2. The van der Waals surface area contributed by atoms with E-state index in [4.69, 9.17) is 39.5 Å². The van der Waals surface area contributed by atoms with Gasteiger partial charge in [-0.25, -0.2) is 46.5 Å². The lowest BCUT2D eigenvalue weighted by atomic mass is 10.0. The summed E-state index contributed by atoms with van der Waals surface area (Å²) in [5.74, 6) is -2.21. The number of fused-ring (bicyclic) bond motifs is 5. The highest BCUT2D eigenvalue weighted by atomic mass is 32.2. The number of ether oxygens (including phenoxy) is 5. The number of rotatable bonds is 7. The number of non-ortho nitro benzene ring substituents is 1. The van der Waals surface area contributed by atoms with Gasteiger partial charge >= 0.3 is 0 Å². The van der Waals surface area contributed by atoms with E-state index in [2.05, 4.69) is 40.1 Å². The van der Waals surface area contributed by atoms with Crippen molar-refractivity contribution in [1.29, 1.82) is 15.8 Å². The van der Waals surface area contributed by atoms with E-state index in [1.54, 1.807) is 80.4 Å². The number of nitrogens with zero attached hydrogens (tertiary/aromatic N) is 14. The average molecular weight is 1250 g/mol. The van der Waals surface area contributed by atoms with Crippen molar-refractivity contribution >= 4 is 15.5 Å². The van der Waals surface area contributed by atoms with E-state index >= 15 is 0 Å². The molecule has 0 saturated heterocycles. The molecule has 5 unspecified atom stereocenters. The summed E-state index contributed by atoms with van der Waals surface area (Å²) in [6, 6.07) is 33.4. The van der Waals surface area contributed by atoms with Crippen LogP contribution in [0, 0.1) is 61.6 Å². The maximum Gasteiger partial charge on any atom is 0.269 e. The number of halogens is 3. The summed E-state index contributed by atoms with van der Waals surface area (Å²) < 4.78 is 101. The molecule has 15 rings (SSSR count). The van der Waals surface area contributed by atoms with Gasteiger partial charge < -0.3 is 46.5 Å². The lowest BCUT2D eigenvalue weighted by molar-refractivity contribution is -0.384. The van der Waals surface area contributed by atoms with Crippen molar-refractivity contribution in [2.75, 3.05) is 39.3 Å². The highest BCUT2D eigenvalue weighted by molar-refractivity contribution is 7.90. The molecule has 91 heavy (non-hydrogen) atoms. The second kappa shape index (κ2) is 27.9. The molecule has 0 N–H and O–H groups in total. The summed E-state index contributed by atoms with van der Waals surface area (Å²) in [7, 11) is -3.15. The second-order valence-electron chi connectivity index (χ2n) is 21.4. The van der Waals surface area contributed by atoms with Gasteiger partial charge in [-0.2, -0.15) is 15.8 Å². The molecule has 0 spiro atoms. The van der Waals surface area contributed by atoms with Crippen LogP contribution in [0.4, 0.5) is 18.9 Å². The van der Waals surface area contributed by atoms with E-state index in [0.29, 0.717) is 82.1 Å². The van der Waals surface area contributed by atoms with Gasteiger partial charge in [-0.05, 0) is 76.3 Å². The normalized spacial score (nSPS) is 18.4. The minimum absolute atomic E-state index is 0.0389. The summed E-state index contributed by atoms with van der Waals surface area (Å²) >= 11 is 0. The predicted molar refractivity (Wildman–Crippen MR) is 316 cm³/mol. The summed E-state index contributed by atoms with van der Waals surface area (Å²) in [5.41, 5.74) is 9.58. The number of sulfone groups is 1. The number of hydrogen-bond acceptors (Lipinski definition) is 17. The van der Waals surface area contributed by atoms with Gasteiger partial charge in [-0.1, -0.05) is 42.5 Å². The third-order valence-corrected chi connectivity index (χ3v) is 16.8. The van der Waals surface area contributed by atoms with Gasteiger partial charge in [0.15, 0.2) is 9.84 Å². The van der Waals surface area contributed by atoms with E-state index in [1.165, 1.54) is 48.7 Å². The Bertz CT molecular complexity index is 4430. The highest BCUT2D eigenvalue weighted by Crippen LogP contribution is 2.32. The van der Waals surface area contributed by atoms with E-state index in [-0.39, 0.29) is 41.5 Å². The van der Waals surface area contributed by atoms with Crippen LogP contribution in [0.5, 0.6) is 0 Å². The highest BCUT2D eigenvalue weighted by Gasteiger charge is 2.28. The van der Waals surface area contributed by atoms with Gasteiger partial charge in [0.1, 0.15) is 35.2 Å². The van der Waals surface area contributed by atoms with Gasteiger partial charge in [-0.3, -0.25) is 10.1 Å². The minimum Gasteiger partial charge on any atom is -0.373 e. The first-order chi connectivity index (χ1) is 44.2. The molecule has 27 heteroatoms. The molecule has 10 heterocycles. The van der Waals surface area contributed by atoms with Gasteiger partial charge in [-0.15, -0.1) is 0 Å². The third-order valence-electron chi connectivity index (χ3n) is 15.7. The number of nitro groups is 1. The molecule has 5 aliphatic heterocycles. The molecule has 5 aromatic carbocycles. The molecule has 0 radical (unpaired) electrons. The van der Waals surface area contributed by atoms with Crippen molar-refractivity contribution in [2.24, 2.45) is 0 Å². The molecule has 10 aromatic rings. The fourth-order valence-electron chi connectivity index (χ4n) is 10.9. The van der Waals surface area contributed by atoms with Crippen molar-refractivity contribution in [3.63, 3.8) is 0 Å². The Hall–Kier alpha value is -10.4. The van der Waals surface area contributed by atoms with Gasteiger partial charge in [0.25, 0.3) is 5.69 Å². The quantitative estimate of drug-likeness (QED) is 0.106. The molecule has 0 fully saturated rings. The molecule has 462 valence electrons. The Kier molecular flexibility index (Phi) is 19.1. The van der Waals surface area contributed by atoms with Crippen LogP contribution in [0.15, 0.2) is 171 Å². The first-order valence-electron chi connectivity index (χ1n) is 28.2. The number of benzene rings is 5. The molecule has 0 aliphatic carbocycles. The van der Waals surface area contributed by atoms with Gasteiger partial charge in [0, 0.05) is 18.4 Å². The predicted octanol–water partition coefficient (Wildman–Crippen LogP) is 9.36. The summed E-state index contributed by atoms with van der Waals surface area (Å²) in [5, 5.41) is 36.8. The number of imidazole rings is 5. The fourth-order valence-corrected chi connectivity index (χ4v) is 11.6. The third kappa shape index (κ3) is 14.1. The first kappa shape index (κ1) is 62.2. The zero-order valence-corrected chi connectivity index (χ0v) is 49.3. The summed E-state index contributed by atoms with van der Waals surface area (Å²) in [6.07, 6.45) is 18.7. The molecular formula is C64H55F3N14O9S. The lowest BCUT2D eigenvalue weighted by Gasteiger charge is -2.26. The Balaban J connectivity index is 0.000000117. The maximum absolute atomic E-state index is 13.6. The average Bonchev–Trinajstić information content (AvgIpc) is 3.41. The molecule has 0 amide bonds. The zero-order valence-electron chi connectivity index (χ0n) is 48.5. The van der Waals surface area contributed by atoms with E-state index < -0.39 is 37.8 Å². The summed E-state index contributed by atoms with van der Waals surface area (Å²) in [4.78, 5) is 31.0. The largest absolute Gasteiger partial charge is 0.373 e. The van der Waals surface area contributed by atoms with Crippen molar-refractivity contribution in [2.45, 2.75) is 68.1 Å². The van der Waals surface area contributed by atoms with Crippen LogP contribution in [0.3, 0.4) is 0 Å². The van der Waals surface area contributed by atoms with Crippen molar-refractivity contribution in [3.05, 3.63) is 266 Å². The molecule has 5 aromatic heterocycles. The molecule has 23 nitrogen and oxygen atoms in total. The Labute approximate surface area is 519 Å². The molecule has 0 bridgehead atoms. The molecule has 5 aliphatic rings. The second-order valence-corrected chi connectivity index (χ2v) is 23.4. The monoisotopic (exact) mass is 1250 g/mol. The van der Waals surface area contributed by atoms with Gasteiger partial charge in [0.2, 0.25) is 0 Å². The van der Waals surface area contributed by atoms with Crippen molar-refractivity contribution in [1.82, 2.24) is 47.8 Å². The van der Waals surface area contributed by atoms with E-state index in [1.807, 2.05) is 68.7 Å². The molecule has 0 saturated carbocycles. The van der Waals surface area contributed by atoms with Crippen LogP contribution in [0.25, 0.3) is 0 Å². The van der Waals surface area contributed by atoms with Crippen molar-refractivity contribution < 1.29 is 50.2 Å². The molecular weight excluding hydrogens is 1200 g/mol. The van der Waals surface area contributed by atoms with Crippen LogP contribution in [0.2, 0.25) is 0 Å². The Morgan fingerprint density at radius 1 is 0.462 bits per heavy atom. The topological polar surface area (TPSA) is 284 Å². The number of aromatic nitrogens is 10. The Morgan fingerprint density at radius 2 is 0.791 bits per heavy atom. The first-order valence-corrected chi connectivity index (χ1v) is 30.1. The SMILES string of the molecule is CS(=O)(=O)c1ccc(C2COCc3cncn32)cc1.N#Cc1c(F)cc(C2COCc3cncn32)cc1F.N#Cc1ccc(C2COCc3cncn32)cc1.N#Cc1ccc(C2COCc3cncn32)cc1F.O=[N+]([O-])c1ccc(C2COCc3cncn32)cc1. The van der Waals surface area contributed by atoms with Crippen LogP contribution in [0.1, 0.15) is 103 Å². The van der Waals surface area contributed by atoms with Crippen molar-refractivity contribution in [3.8, 4) is 18.2 Å². The van der Waals surface area contributed by atoms with Crippen LogP contribution in [-0.2, 0) is 66.6 Å². The smallest absolute Gasteiger partial charge is 0.269 e. The maximum atomic E-state index is 13.6. The Morgan fingerprint density at radius 3 is 1.12 bits per heavy atom. The van der Waals surface area contributed by atoms with E-state index in [9.17, 15) is 31.7 Å². The van der Waals surface area contributed by atoms with Gasteiger partial charge in [0.05, 0.1) is 214 Å². The number of nitro benzene ring substituents is 1. The lowest BCUT2D eigenvalue weighted by Crippen LogP contribution is -2.24. The minimum atomic E-state index is -3.15. The van der Waals surface area contributed by atoms with Crippen LogP contribution < -0.4 is 0 Å². The number of hydrogen-bond donors (Lipinski definition) is 0. The van der Waals surface area contributed by atoms with Crippen LogP contribution >= 0.6 is 0 Å². The van der Waals surface area contributed by atoms with E-state index in [0.717, 1.165) is 50.7 Å². The van der Waals surface area contributed by atoms with Crippen LogP contribution in [-0.4, -0.2) is 100 Å². The fraction of sp³-hybridized carbons (Fsp3) is 0.250. The number of nitriles is 3. The molecule has 5 atom stereocenters. The zero-order chi connectivity index (χ0) is 63.6.